The summed E-state index contributed by atoms with van der Waals surface area (Å²) in [7, 11) is 0. The van der Waals surface area contributed by atoms with Gasteiger partial charge in [0.1, 0.15) is 5.82 Å². The van der Waals surface area contributed by atoms with Crippen molar-refractivity contribution in [2.45, 2.75) is 32.2 Å². The molecule has 0 spiro atoms. The molecular formula is C15H20BrClFNO2. The van der Waals surface area contributed by atoms with Crippen molar-refractivity contribution in [2.75, 3.05) is 13.1 Å². The Bertz CT molecular complexity index is 487. The number of aliphatic carboxylic acids is 1. The number of halogens is 3. The fraction of sp³-hybridized carbons (Fsp3) is 0.533. The van der Waals surface area contributed by atoms with E-state index in [9.17, 15) is 9.18 Å². The van der Waals surface area contributed by atoms with Crippen molar-refractivity contribution >= 4 is 34.3 Å². The van der Waals surface area contributed by atoms with Crippen molar-refractivity contribution in [3.8, 4) is 0 Å². The van der Waals surface area contributed by atoms with E-state index >= 15 is 0 Å². The minimum absolute atomic E-state index is 0. The van der Waals surface area contributed by atoms with Crippen LogP contribution in [0.5, 0.6) is 0 Å². The smallest absolute Gasteiger partial charge is 0.303 e. The molecule has 6 heteroatoms. The highest BCUT2D eigenvalue weighted by atomic mass is 79.9. The van der Waals surface area contributed by atoms with Crippen LogP contribution in [0.25, 0.3) is 0 Å². The topological polar surface area (TPSA) is 40.5 Å². The average molecular weight is 381 g/mol. The molecule has 1 heterocycles. The fourth-order valence-corrected chi connectivity index (χ4v) is 3.11. The van der Waals surface area contributed by atoms with Crippen molar-refractivity contribution in [3.05, 3.63) is 34.1 Å². The summed E-state index contributed by atoms with van der Waals surface area (Å²) in [6, 6.07) is 4.73. The molecule has 1 atom stereocenters. The number of carboxylic acids is 1. The van der Waals surface area contributed by atoms with Crippen LogP contribution in [0.1, 0.15) is 31.2 Å². The lowest BCUT2D eigenvalue weighted by molar-refractivity contribution is -0.138. The normalized spacial score (nSPS) is 19.6. The van der Waals surface area contributed by atoms with Gasteiger partial charge in [0.05, 0.1) is 0 Å². The maximum Gasteiger partial charge on any atom is 0.303 e. The van der Waals surface area contributed by atoms with Gasteiger partial charge in [-0.15, -0.1) is 12.4 Å². The third-order valence-corrected chi connectivity index (χ3v) is 4.58. The van der Waals surface area contributed by atoms with Crippen LogP contribution in [-0.2, 0) is 11.3 Å². The first-order valence-electron chi connectivity index (χ1n) is 6.92. The molecule has 0 saturated carbocycles. The highest BCUT2D eigenvalue weighted by Gasteiger charge is 2.19. The predicted molar refractivity (Wildman–Crippen MR) is 86.2 cm³/mol. The first-order chi connectivity index (χ1) is 9.54. The molecule has 1 N–H and O–H groups in total. The largest absolute Gasteiger partial charge is 0.481 e. The van der Waals surface area contributed by atoms with E-state index in [0.29, 0.717) is 6.54 Å². The number of carbonyl (C=O) groups is 1. The van der Waals surface area contributed by atoms with Gasteiger partial charge in [-0.2, -0.15) is 0 Å². The van der Waals surface area contributed by atoms with Gasteiger partial charge in [-0.3, -0.25) is 9.69 Å². The summed E-state index contributed by atoms with van der Waals surface area (Å²) in [6.07, 6.45) is 3.13. The Hall–Kier alpha value is -0.650. The van der Waals surface area contributed by atoms with Crippen molar-refractivity contribution in [1.82, 2.24) is 4.90 Å². The van der Waals surface area contributed by atoms with E-state index in [2.05, 4.69) is 20.8 Å². The van der Waals surface area contributed by atoms with E-state index in [4.69, 9.17) is 5.11 Å². The van der Waals surface area contributed by atoms with Gasteiger partial charge in [-0.05, 0) is 62.0 Å². The molecule has 3 nitrogen and oxygen atoms in total. The van der Waals surface area contributed by atoms with Crippen LogP contribution in [0.15, 0.2) is 22.7 Å². The molecule has 0 radical (unpaired) electrons. The van der Waals surface area contributed by atoms with Gasteiger partial charge >= 0.3 is 5.97 Å². The van der Waals surface area contributed by atoms with E-state index in [-0.39, 0.29) is 30.6 Å². The van der Waals surface area contributed by atoms with E-state index in [1.807, 2.05) is 0 Å². The first-order valence-corrected chi connectivity index (χ1v) is 7.72. The Morgan fingerprint density at radius 2 is 2.14 bits per heavy atom. The molecule has 1 fully saturated rings. The second-order valence-corrected chi connectivity index (χ2v) is 6.26. The van der Waals surface area contributed by atoms with E-state index < -0.39 is 5.97 Å². The summed E-state index contributed by atoms with van der Waals surface area (Å²) < 4.78 is 14.2. The second-order valence-electron chi connectivity index (χ2n) is 5.41. The minimum atomic E-state index is -0.712. The highest BCUT2D eigenvalue weighted by Crippen LogP contribution is 2.24. The fourth-order valence-electron chi connectivity index (χ4n) is 2.74. The Morgan fingerprint density at radius 1 is 1.38 bits per heavy atom. The first kappa shape index (κ1) is 18.4. The molecule has 1 aromatic rings. The highest BCUT2D eigenvalue weighted by molar-refractivity contribution is 9.10. The number of benzene rings is 1. The van der Waals surface area contributed by atoms with Gasteiger partial charge in [-0.1, -0.05) is 15.9 Å². The molecule has 2 rings (SSSR count). The van der Waals surface area contributed by atoms with Crippen LogP contribution in [0.2, 0.25) is 0 Å². The van der Waals surface area contributed by atoms with Gasteiger partial charge in [0.25, 0.3) is 0 Å². The zero-order valence-corrected chi connectivity index (χ0v) is 14.1. The van der Waals surface area contributed by atoms with Crippen LogP contribution in [-0.4, -0.2) is 29.1 Å². The number of nitrogens with zero attached hydrogens (tertiary/aromatic N) is 1. The Kier molecular flexibility index (Phi) is 7.63. The average Bonchev–Trinajstić information content (AvgIpc) is 2.59. The molecule has 1 saturated heterocycles. The third kappa shape index (κ3) is 5.93. The van der Waals surface area contributed by atoms with Gasteiger partial charge in [-0.25, -0.2) is 4.39 Å². The molecule has 21 heavy (non-hydrogen) atoms. The maximum absolute atomic E-state index is 13.3. The van der Waals surface area contributed by atoms with Crippen LogP contribution in [0.4, 0.5) is 4.39 Å². The van der Waals surface area contributed by atoms with Gasteiger partial charge in [0.15, 0.2) is 0 Å². The van der Waals surface area contributed by atoms with Gasteiger partial charge in [0.2, 0.25) is 0 Å². The SMILES string of the molecule is Cl.O=C(O)CC1CCCN(Cc2cc(F)ccc2Br)CC1. The lowest BCUT2D eigenvalue weighted by Gasteiger charge is -2.20. The van der Waals surface area contributed by atoms with Crippen LogP contribution < -0.4 is 0 Å². The standard InChI is InChI=1S/C15H19BrFNO2.ClH/c16-14-4-3-13(17)9-12(14)10-18-6-1-2-11(5-7-18)8-15(19)20;/h3-4,9,11H,1-2,5-8,10H2,(H,19,20);1H. The Morgan fingerprint density at radius 3 is 2.86 bits per heavy atom. The van der Waals surface area contributed by atoms with Gasteiger partial charge in [0, 0.05) is 17.4 Å². The molecule has 1 aliphatic rings. The van der Waals surface area contributed by atoms with Crippen LogP contribution >= 0.6 is 28.3 Å². The monoisotopic (exact) mass is 379 g/mol. The lowest BCUT2D eigenvalue weighted by Crippen LogP contribution is -2.24. The van der Waals surface area contributed by atoms with Crippen LogP contribution in [0.3, 0.4) is 0 Å². The molecule has 1 unspecified atom stereocenters. The lowest BCUT2D eigenvalue weighted by atomic mass is 9.97. The number of likely N-dealkylation sites (tertiary alicyclic amines) is 1. The van der Waals surface area contributed by atoms with Crippen molar-refractivity contribution < 1.29 is 14.3 Å². The molecule has 118 valence electrons. The number of rotatable bonds is 4. The van der Waals surface area contributed by atoms with Crippen molar-refractivity contribution in [3.63, 3.8) is 0 Å². The minimum Gasteiger partial charge on any atom is -0.481 e. The summed E-state index contributed by atoms with van der Waals surface area (Å²) in [4.78, 5) is 13.1. The molecule has 0 amide bonds. The molecule has 1 aliphatic heterocycles. The molecular weight excluding hydrogens is 361 g/mol. The summed E-state index contributed by atoms with van der Waals surface area (Å²) in [5, 5.41) is 8.86. The molecule has 0 aromatic heterocycles. The van der Waals surface area contributed by atoms with Crippen molar-refractivity contribution in [1.29, 1.82) is 0 Å². The molecule has 0 bridgehead atoms. The summed E-state index contributed by atoms with van der Waals surface area (Å²) in [5.41, 5.74) is 0.946. The third-order valence-electron chi connectivity index (χ3n) is 3.81. The van der Waals surface area contributed by atoms with Gasteiger partial charge < -0.3 is 5.11 Å². The molecule has 1 aromatic carbocycles. The number of hydrogen-bond acceptors (Lipinski definition) is 2. The Balaban J connectivity index is 0.00000220. The van der Waals surface area contributed by atoms with E-state index in [1.54, 1.807) is 12.1 Å². The second kappa shape index (κ2) is 8.71. The van der Waals surface area contributed by atoms with Crippen molar-refractivity contribution in [2.24, 2.45) is 5.92 Å². The number of carboxylic acid groups (broad SMARTS) is 1. The zero-order chi connectivity index (χ0) is 14.5. The maximum atomic E-state index is 13.3. The molecule has 0 aliphatic carbocycles. The van der Waals surface area contributed by atoms with E-state index in [1.165, 1.54) is 6.07 Å². The van der Waals surface area contributed by atoms with Crippen LogP contribution in [0, 0.1) is 11.7 Å². The van der Waals surface area contributed by atoms with E-state index in [0.717, 1.165) is 42.4 Å². The quantitative estimate of drug-likeness (QED) is 0.855. The summed E-state index contributed by atoms with van der Waals surface area (Å²) >= 11 is 3.45. The Labute approximate surface area is 139 Å². The zero-order valence-electron chi connectivity index (χ0n) is 11.7. The summed E-state index contributed by atoms with van der Waals surface area (Å²) in [5.74, 6) is -0.661. The number of hydrogen-bond donors (Lipinski definition) is 1. The summed E-state index contributed by atoms with van der Waals surface area (Å²) in [6.45, 7) is 2.53. The predicted octanol–water partition coefficient (Wildman–Crippen LogP) is 4.09.